The number of carbonyl (C=O) groups excluding carboxylic acids is 5. The minimum atomic E-state index is -2.97. The molecule has 0 fully saturated rings. The van der Waals surface area contributed by atoms with Crippen LogP contribution in [-0.4, -0.2) is 40.6 Å². The first-order chi connectivity index (χ1) is 9.24. The second-order valence-electron chi connectivity index (χ2n) is 3.40. The van der Waals surface area contributed by atoms with E-state index < -0.39 is 48.3 Å². The fraction of sp³-hybridized carbons (Fsp3) is 0.500. The third-order valence-corrected chi connectivity index (χ3v) is 1.25. The maximum absolute atomic E-state index is 10.1. The van der Waals surface area contributed by atoms with Crippen LogP contribution in [0.5, 0.6) is 0 Å². The van der Waals surface area contributed by atoms with Gasteiger partial charge in [-0.15, -0.1) is 0 Å². The molecule has 0 amide bonds. The predicted octanol–water partition coefficient (Wildman–Crippen LogP) is -22.7. The zero-order valence-electron chi connectivity index (χ0n) is 15.9. The predicted molar refractivity (Wildman–Crippen MR) is 50.6 cm³/mol. The summed E-state index contributed by atoms with van der Waals surface area (Å²) in [4.78, 5) is 47.8. The molecule has 26 heavy (non-hydrogen) atoms. The first-order valence-corrected chi connectivity index (χ1v) is 4.93. The van der Waals surface area contributed by atoms with Gasteiger partial charge < -0.3 is 54.6 Å². The van der Waals surface area contributed by atoms with Gasteiger partial charge in [0.1, 0.15) is 5.60 Å². The summed E-state index contributed by atoms with van der Waals surface area (Å²) in [6, 6.07) is 0. The van der Waals surface area contributed by atoms with Gasteiger partial charge in [-0.25, -0.2) is 0 Å². The second-order valence-corrected chi connectivity index (χ2v) is 3.40. The first kappa shape index (κ1) is 53.1. The van der Waals surface area contributed by atoms with Gasteiger partial charge in [0.25, 0.3) is 0 Å². The quantitative estimate of drug-likeness (QED) is 0.347. The van der Waals surface area contributed by atoms with E-state index in [1.807, 2.05) is 0 Å². The Kier molecular flexibility index (Phi) is 66.7. The molecular weight excluding hydrogens is 492 g/mol. The molecule has 0 aliphatic rings. The Balaban J connectivity index is -0.0000000359. The summed E-state index contributed by atoms with van der Waals surface area (Å²) in [5.41, 5.74) is -2.97. The average molecular weight is 503 g/mol. The van der Waals surface area contributed by atoms with Gasteiger partial charge >= 0.3 is 257 Å². The molecule has 0 spiro atoms. The van der Waals surface area contributed by atoms with Crippen molar-refractivity contribution >= 4 is 29.8 Å². The van der Waals surface area contributed by atoms with Crippen LogP contribution in [0, 0.1) is 0 Å². The molecule has 0 aliphatic carbocycles. The van der Waals surface area contributed by atoms with Gasteiger partial charge in [-0.3, -0.25) is 0 Å². The van der Waals surface area contributed by atoms with Crippen molar-refractivity contribution in [2.45, 2.75) is 32.3 Å². The van der Waals surface area contributed by atoms with E-state index in [0.717, 1.165) is 13.8 Å². The summed E-state index contributed by atoms with van der Waals surface area (Å²) in [5, 5.41) is 56.7. The fourth-order valence-electron chi connectivity index (χ4n) is 0.684. The van der Waals surface area contributed by atoms with Crippen molar-refractivity contribution in [3.8, 4) is 0 Å². The molecule has 1 N–H and O–H groups in total. The molecule has 0 saturated heterocycles. The van der Waals surface area contributed by atoms with E-state index in [2.05, 4.69) is 0 Å². The van der Waals surface area contributed by atoms with E-state index >= 15 is 0 Å². The topological polar surface area (TPSA) is 221 Å². The molecule has 0 heterocycles. The SMILES string of the molecule is CC(=O)[O-].CC(=O)[O-].O=C([O-])CC(O)(CC(=O)[O-])C(=O)[O-].[K+].[K+].[K+].[K+].[K+]. The summed E-state index contributed by atoms with van der Waals surface area (Å²) >= 11 is 0. The Labute approximate surface area is 362 Å². The molecule has 122 valence electrons. The van der Waals surface area contributed by atoms with Crippen LogP contribution in [0.15, 0.2) is 0 Å². The number of carbonyl (C=O) groups is 5. The molecule has 0 unspecified atom stereocenters. The van der Waals surface area contributed by atoms with Gasteiger partial charge in [0, 0.05) is 36.7 Å². The molecule has 0 aromatic carbocycles. The maximum atomic E-state index is 10.1. The molecule has 0 aromatic rings. The fourth-order valence-corrected chi connectivity index (χ4v) is 0.684. The van der Waals surface area contributed by atoms with Crippen molar-refractivity contribution in [2.24, 2.45) is 0 Å². The number of rotatable bonds is 5. The molecule has 0 atom stereocenters. The van der Waals surface area contributed by atoms with E-state index in [4.69, 9.17) is 24.9 Å². The zero-order chi connectivity index (χ0) is 17.8. The largest absolute Gasteiger partial charge is 1.00 e. The van der Waals surface area contributed by atoms with E-state index in [9.17, 15) is 29.7 Å². The van der Waals surface area contributed by atoms with Crippen molar-refractivity contribution in [2.75, 3.05) is 0 Å². The molecule has 0 radical (unpaired) electrons. The molecule has 11 nitrogen and oxygen atoms in total. The third-order valence-electron chi connectivity index (χ3n) is 1.25. The van der Waals surface area contributed by atoms with Gasteiger partial charge in [0.15, 0.2) is 0 Å². The van der Waals surface area contributed by atoms with Crippen LogP contribution in [0.4, 0.5) is 0 Å². The van der Waals surface area contributed by atoms with Gasteiger partial charge in [-0.05, 0) is 13.8 Å². The summed E-state index contributed by atoms with van der Waals surface area (Å²) in [5.74, 6) is -8.15. The molecule has 0 bridgehead atoms. The summed E-state index contributed by atoms with van der Waals surface area (Å²) in [7, 11) is 0. The van der Waals surface area contributed by atoms with Crippen LogP contribution < -0.4 is 282 Å². The second kappa shape index (κ2) is 32.7. The van der Waals surface area contributed by atoms with Crippen molar-refractivity contribution in [1.29, 1.82) is 0 Å². The number of hydrogen-bond acceptors (Lipinski definition) is 11. The Morgan fingerprint density at radius 1 is 0.654 bits per heavy atom. The van der Waals surface area contributed by atoms with Crippen molar-refractivity contribution in [3.63, 3.8) is 0 Å². The minimum Gasteiger partial charge on any atom is -0.550 e. The molecule has 0 aromatic heterocycles. The number of aliphatic hydroxyl groups is 1. The first-order valence-electron chi connectivity index (χ1n) is 4.93. The van der Waals surface area contributed by atoms with Crippen LogP contribution in [0.25, 0.3) is 0 Å². The number of carboxylic acid groups (broad SMARTS) is 5. The van der Waals surface area contributed by atoms with E-state index in [1.165, 1.54) is 0 Å². The summed E-state index contributed by atoms with van der Waals surface area (Å²) < 4.78 is 0. The van der Waals surface area contributed by atoms with Crippen LogP contribution >= 0.6 is 0 Å². The van der Waals surface area contributed by atoms with Crippen LogP contribution in [-0.2, 0) is 24.0 Å². The number of aliphatic carboxylic acids is 5. The van der Waals surface area contributed by atoms with Gasteiger partial charge in [0.05, 0.1) is 5.97 Å². The monoisotopic (exact) mass is 502 g/mol. The zero-order valence-corrected chi connectivity index (χ0v) is 31.6. The Hall–Kier alpha value is 5.49. The Morgan fingerprint density at radius 2 is 0.808 bits per heavy atom. The van der Waals surface area contributed by atoms with Crippen LogP contribution in [0.3, 0.4) is 0 Å². The van der Waals surface area contributed by atoms with E-state index in [0.29, 0.717) is 0 Å². The van der Waals surface area contributed by atoms with Crippen molar-refractivity contribution < 1.29 is 312 Å². The van der Waals surface area contributed by atoms with Gasteiger partial charge in [0.2, 0.25) is 0 Å². The number of carboxylic acids is 5. The van der Waals surface area contributed by atoms with Crippen LogP contribution in [0.1, 0.15) is 26.7 Å². The van der Waals surface area contributed by atoms with Gasteiger partial charge in [-0.1, -0.05) is 0 Å². The van der Waals surface area contributed by atoms with E-state index in [-0.39, 0.29) is 257 Å². The Bertz CT molecular complexity index is 380. The summed E-state index contributed by atoms with van der Waals surface area (Å²) in [6.07, 6.45) is -2.72. The van der Waals surface area contributed by atoms with Crippen molar-refractivity contribution in [1.82, 2.24) is 0 Å². The Morgan fingerprint density at radius 3 is 0.885 bits per heavy atom. The molecule has 0 rings (SSSR count). The average Bonchev–Trinajstić information content (AvgIpc) is 2.11. The third kappa shape index (κ3) is 51.8. The molecular formula is C10H11K5O11. The number of hydrogen-bond donors (Lipinski definition) is 1. The van der Waals surface area contributed by atoms with Crippen LogP contribution in [0.2, 0.25) is 0 Å². The molecule has 16 heteroatoms. The van der Waals surface area contributed by atoms with Crippen molar-refractivity contribution in [3.05, 3.63) is 0 Å². The minimum absolute atomic E-state index is 0. The van der Waals surface area contributed by atoms with E-state index in [1.54, 1.807) is 0 Å². The maximum Gasteiger partial charge on any atom is 1.00 e. The smallest absolute Gasteiger partial charge is 0.550 e. The normalized spacial score (nSPS) is 7.35. The molecule has 0 saturated carbocycles. The van der Waals surface area contributed by atoms with Gasteiger partial charge in [-0.2, -0.15) is 0 Å². The standard InChI is InChI=1S/C6H8O7.2C2H4O2.5K/c7-3(8)1-6(13,5(11)12)2-4(9)10;2*1-2(3)4;;;;;/h13H,1-2H2,(H,7,8)(H,9,10)(H,11,12);2*1H3,(H,3,4);;;;;/q;;;5*+1/p-5. The summed E-state index contributed by atoms with van der Waals surface area (Å²) in [6.45, 7) is 1.94. The molecule has 0 aliphatic heterocycles.